The molecule has 3 N–H and O–H groups in total. The highest BCUT2D eigenvalue weighted by molar-refractivity contribution is 5.78. The summed E-state index contributed by atoms with van der Waals surface area (Å²) in [6.45, 7) is 6.75. The molecule has 0 radical (unpaired) electrons. The number of nitrogens with one attached hydrogen (secondary N) is 1. The van der Waals surface area contributed by atoms with Crippen molar-refractivity contribution in [1.82, 2.24) is 10.2 Å². The van der Waals surface area contributed by atoms with Crippen LogP contribution in [0.2, 0.25) is 0 Å². The van der Waals surface area contributed by atoms with Gasteiger partial charge in [0.15, 0.2) is 5.96 Å². The molecule has 6 nitrogen and oxygen atoms in total. The largest absolute Gasteiger partial charge is 0.450 e. The van der Waals surface area contributed by atoms with E-state index in [1.54, 1.807) is 4.90 Å². The Morgan fingerprint density at radius 1 is 1.36 bits per heavy atom. The standard InChI is InChI=1S/C16H30N4O2/c1-3-16(8-5-9-16)12-18-14(17)19-13-6-10-20(11-7-13)15(21)22-4-2/h13H,3-12H2,1-2H3,(H3,17,18,19). The van der Waals surface area contributed by atoms with Crippen LogP contribution in [0.15, 0.2) is 4.99 Å². The van der Waals surface area contributed by atoms with E-state index >= 15 is 0 Å². The number of aliphatic imine (C=N–C) groups is 1. The van der Waals surface area contributed by atoms with Crippen molar-refractivity contribution in [3.63, 3.8) is 0 Å². The van der Waals surface area contributed by atoms with Gasteiger partial charge >= 0.3 is 6.09 Å². The maximum atomic E-state index is 11.6. The van der Waals surface area contributed by atoms with Crippen molar-refractivity contribution >= 4 is 12.1 Å². The van der Waals surface area contributed by atoms with Crippen LogP contribution in [0.5, 0.6) is 0 Å². The van der Waals surface area contributed by atoms with E-state index < -0.39 is 0 Å². The fourth-order valence-corrected chi connectivity index (χ4v) is 3.23. The van der Waals surface area contributed by atoms with Gasteiger partial charge in [-0.2, -0.15) is 0 Å². The van der Waals surface area contributed by atoms with Crippen LogP contribution in [0.3, 0.4) is 0 Å². The molecule has 1 amide bonds. The molecule has 2 fully saturated rings. The summed E-state index contributed by atoms with van der Waals surface area (Å²) in [6.07, 6.45) is 6.61. The molecule has 1 aliphatic carbocycles. The smallest absolute Gasteiger partial charge is 0.409 e. The fourth-order valence-electron chi connectivity index (χ4n) is 3.23. The number of nitrogens with zero attached hydrogens (tertiary/aromatic N) is 2. The number of piperidine rings is 1. The van der Waals surface area contributed by atoms with Crippen LogP contribution in [0, 0.1) is 5.41 Å². The predicted octanol–water partition coefficient (Wildman–Crippen LogP) is 2.09. The van der Waals surface area contributed by atoms with Crippen molar-refractivity contribution < 1.29 is 9.53 Å². The van der Waals surface area contributed by atoms with Gasteiger partial charge in [0, 0.05) is 25.7 Å². The van der Waals surface area contributed by atoms with Gasteiger partial charge in [-0.3, -0.25) is 4.99 Å². The second-order valence-corrected chi connectivity index (χ2v) is 6.51. The lowest BCUT2D eigenvalue weighted by Crippen LogP contribution is -2.49. The molecule has 0 aromatic rings. The SMILES string of the molecule is CCOC(=O)N1CCC(NC(N)=NCC2(CC)CCC2)CC1. The molecule has 1 saturated carbocycles. The van der Waals surface area contributed by atoms with Gasteiger partial charge in [-0.25, -0.2) is 4.79 Å². The maximum Gasteiger partial charge on any atom is 0.409 e. The average molecular weight is 310 g/mol. The lowest BCUT2D eigenvalue weighted by atomic mass is 9.67. The molecule has 126 valence electrons. The third kappa shape index (κ3) is 4.27. The van der Waals surface area contributed by atoms with E-state index in [-0.39, 0.29) is 6.09 Å². The zero-order valence-electron chi connectivity index (χ0n) is 13.9. The van der Waals surface area contributed by atoms with Crippen molar-refractivity contribution in [2.24, 2.45) is 16.1 Å². The predicted molar refractivity (Wildman–Crippen MR) is 87.8 cm³/mol. The van der Waals surface area contributed by atoms with E-state index in [2.05, 4.69) is 17.2 Å². The fraction of sp³-hybridized carbons (Fsp3) is 0.875. The highest BCUT2D eigenvalue weighted by Gasteiger charge is 2.34. The third-order valence-corrected chi connectivity index (χ3v) is 5.12. The maximum absolute atomic E-state index is 11.6. The van der Waals surface area contributed by atoms with E-state index in [4.69, 9.17) is 10.5 Å². The minimum Gasteiger partial charge on any atom is -0.450 e. The third-order valence-electron chi connectivity index (χ3n) is 5.12. The van der Waals surface area contributed by atoms with E-state index in [0.29, 0.717) is 37.1 Å². The van der Waals surface area contributed by atoms with Crippen LogP contribution in [0.4, 0.5) is 4.79 Å². The van der Waals surface area contributed by atoms with E-state index in [0.717, 1.165) is 19.4 Å². The number of hydrogen-bond acceptors (Lipinski definition) is 3. The van der Waals surface area contributed by atoms with Crippen molar-refractivity contribution in [1.29, 1.82) is 0 Å². The first-order chi connectivity index (χ1) is 10.6. The zero-order valence-corrected chi connectivity index (χ0v) is 13.9. The molecule has 1 aliphatic heterocycles. The number of guanidine groups is 1. The molecule has 2 rings (SSSR count). The first-order valence-electron chi connectivity index (χ1n) is 8.57. The number of ether oxygens (including phenoxy) is 1. The van der Waals surface area contributed by atoms with Gasteiger partial charge in [0.25, 0.3) is 0 Å². The van der Waals surface area contributed by atoms with Crippen LogP contribution in [0.25, 0.3) is 0 Å². The lowest BCUT2D eigenvalue weighted by Gasteiger charge is -2.40. The lowest BCUT2D eigenvalue weighted by molar-refractivity contribution is 0.0963. The molecule has 0 spiro atoms. The zero-order chi connectivity index (χ0) is 16.0. The topological polar surface area (TPSA) is 80.0 Å². The van der Waals surface area contributed by atoms with Gasteiger partial charge in [-0.05, 0) is 44.4 Å². The van der Waals surface area contributed by atoms with Crippen molar-refractivity contribution in [2.45, 2.75) is 58.4 Å². The normalized spacial score (nSPS) is 22.1. The Morgan fingerprint density at radius 3 is 2.55 bits per heavy atom. The molecule has 0 aromatic carbocycles. The van der Waals surface area contributed by atoms with Gasteiger partial charge in [0.1, 0.15) is 0 Å². The molecule has 0 bridgehead atoms. The van der Waals surface area contributed by atoms with Crippen LogP contribution in [-0.4, -0.2) is 49.2 Å². The Bertz CT molecular complexity index is 393. The summed E-state index contributed by atoms with van der Waals surface area (Å²) in [5.41, 5.74) is 6.42. The summed E-state index contributed by atoms with van der Waals surface area (Å²) in [5, 5.41) is 3.30. The molecule has 0 aromatic heterocycles. The second kappa shape index (κ2) is 7.70. The number of nitrogens with two attached hydrogens (primary N) is 1. The molecular weight excluding hydrogens is 280 g/mol. The Morgan fingerprint density at radius 2 is 2.05 bits per heavy atom. The number of amides is 1. The summed E-state index contributed by atoms with van der Waals surface area (Å²) < 4.78 is 5.02. The first-order valence-corrected chi connectivity index (χ1v) is 8.57. The molecular formula is C16H30N4O2. The monoisotopic (exact) mass is 310 g/mol. The molecule has 0 atom stereocenters. The number of carbonyl (C=O) groups excluding carboxylic acids is 1. The summed E-state index contributed by atoms with van der Waals surface area (Å²) >= 11 is 0. The average Bonchev–Trinajstić information content (AvgIpc) is 2.47. The Kier molecular flexibility index (Phi) is 5.91. The minimum atomic E-state index is -0.211. The molecule has 22 heavy (non-hydrogen) atoms. The summed E-state index contributed by atoms with van der Waals surface area (Å²) in [6, 6.07) is 0.299. The van der Waals surface area contributed by atoms with Crippen LogP contribution < -0.4 is 11.1 Å². The quantitative estimate of drug-likeness (QED) is 0.602. The van der Waals surface area contributed by atoms with Gasteiger partial charge in [0.05, 0.1) is 6.61 Å². The molecule has 0 unspecified atom stereocenters. The molecule has 6 heteroatoms. The molecule has 1 saturated heterocycles. The first kappa shape index (κ1) is 16.9. The number of rotatable bonds is 5. The van der Waals surface area contributed by atoms with Gasteiger partial charge in [-0.15, -0.1) is 0 Å². The molecule has 2 aliphatic rings. The number of likely N-dealkylation sites (tertiary alicyclic amines) is 1. The van der Waals surface area contributed by atoms with Crippen molar-refractivity contribution in [2.75, 3.05) is 26.2 Å². The van der Waals surface area contributed by atoms with Crippen molar-refractivity contribution in [3.05, 3.63) is 0 Å². The minimum absolute atomic E-state index is 0.211. The summed E-state index contributed by atoms with van der Waals surface area (Å²) in [7, 11) is 0. The molecule has 1 heterocycles. The van der Waals surface area contributed by atoms with Gasteiger partial charge < -0.3 is 20.7 Å². The van der Waals surface area contributed by atoms with Crippen molar-refractivity contribution in [3.8, 4) is 0 Å². The van der Waals surface area contributed by atoms with Gasteiger partial charge in [-0.1, -0.05) is 13.3 Å². The summed E-state index contributed by atoms with van der Waals surface area (Å²) in [4.78, 5) is 18.0. The number of carbonyl (C=O) groups is 1. The van der Waals surface area contributed by atoms with Crippen LogP contribution in [-0.2, 0) is 4.74 Å². The van der Waals surface area contributed by atoms with Crippen LogP contribution in [0.1, 0.15) is 52.4 Å². The van der Waals surface area contributed by atoms with Crippen LogP contribution >= 0.6 is 0 Å². The van der Waals surface area contributed by atoms with E-state index in [1.165, 1.54) is 25.7 Å². The Labute approximate surface area is 133 Å². The second-order valence-electron chi connectivity index (χ2n) is 6.51. The van der Waals surface area contributed by atoms with E-state index in [1.807, 2.05) is 6.92 Å². The van der Waals surface area contributed by atoms with Gasteiger partial charge in [0.2, 0.25) is 0 Å². The number of hydrogen-bond donors (Lipinski definition) is 2. The highest BCUT2D eigenvalue weighted by Crippen LogP contribution is 2.43. The van der Waals surface area contributed by atoms with E-state index in [9.17, 15) is 4.79 Å². The Hall–Kier alpha value is -1.46. The summed E-state index contributed by atoms with van der Waals surface area (Å²) in [5.74, 6) is 0.550. The Balaban J connectivity index is 1.72. The highest BCUT2D eigenvalue weighted by atomic mass is 16.6.